The number of ether oxygens (including phenoxy) is 1. The van der Waals surface area contributed by atoms with Crippen LogP contribution in [0.4, 0.5) is 4.79 Å². The van der Waals surface area contributed by atoms with E-state index in [-0.39, 0.29) is 17.3 Å². The topological polar surface area (TPSA) is 85.4 Å². The Bertz CT molecular complexity index is 728. The summed E-state index contributed by atoms with van der Waals surface area (Å²) < 4.78 is 28.3. The fourth-order valence-corrected chi connectivity index (χ4v) is 2.44. The molecular formula is C15H16N2O4S. The predicted octanol–water partition coefficient (Wildman–Crippen LogP) is 2.16. The highest BCUT2D eigenvalue weighted by atomic mass is 32.2. The summed E-state index contributed by atoms with van der Waals surface area (Å²) in [7, 11) is -3.31. The first kappa shape index (κ1) is 16.0. The van der Waals surface area contributed by atoms with Gasteiger partial charge in [0.25, 0.3) is 0 Å². The second-order valence-corrected chi connectivity index (χ2v) is 6.69. The minimum absolute atomic E-state index is 0.000990. The Morgan fingerprint density at radius 2 is 1.91 bits per heavy atom. The van der Waals surface area contributed by atoms with Gasteiger partial charge in [-0.1, -0.05) is 31.2 Å². The van der Waals surface area contributed by atoms with Crippen LogP contribution >= 0.6 is 0 Å². The number of amides is 1. The lowest BCUT2D eigenvalue weighted by Crippen LogP contribution is -2.26. The average Bonchev–Trinajstić information content (AvgIpc) is 2.54. The van der Waals surface area contributed by atoms with Gasteiger partial charge in [-0.25, -0.2) is 18.2 Å². The van der Waals surface area contributed by atoms with E-state index in [2.05, 4.69) is 10.3 Å². The molecule has 0 radical (unpaired) electrons. The minimum Gasteiger partial charge on any atom is -0.410 e. The molecule has 7 heteroatoms. The number of rotatable bonds is 5. The summed E-state index contributed by atoms with van der Waals surface area (Å²) in [4.78, 5) is 15.5. The van der Waals surface area contributed by atoms with Gasteiger partial charge in [0.15, 0.2) is 14.9 Å². The maximum atomic E-state index is 11.6. The molecule has 1 amide bonds. The zero-order chi connectivity index (χ0) is 16.0. The normalized spacial score (nSPS) is 11.0. The van der Waals surface area contributed by atoms with Gasteiger partial charge in [-0.05, 0) is 23.8 Å². The molecule has 0 atom stereocenters. The summed E-state index contributed by atoms with van der Waals surface area (Å²) in [5.74, 6) is 0.448. The molecular weight excluding hydrogens is 304 g/mol. The Hall–Kier alpha value is -2.41. The van der Waals surface area contributed by atoms with Gasteiger partial charge in [0.2, 0.25) is 0 Å². The molecule has 116 valence electrons. The summed E-state index contributed by atoms with van der Waals surface area (Å²) in [6.45, 7) is 1.76. The third kappa shape index (κ3) is 4.29. The fraction of sp³-hybridized carbons (Fsp3) is 0.200. The molecule has 0 bridgehead atoms. The van der Waals surface area contributed by atoms with Gasteiger partial charge in [-0.3, -0.25) is 0 Å². The molecule has 0 aliphatic rings. The van der Waals surface area contributed by atoms with Gasteiger partial charge >= 0.3 is 6.09 Å². The first-order chi connectivity index (χ1) is 10.5. The van der Waals surface area contributed by atoms with Crippen LogP contribution < -0.4 is 10.1 Å². The number of pyridine rings is 1. The number of benzene rings is 1. The number of carbonyl (C=O) groups is 1. The maximum Gasteiger partial charge on any atom is 0.412 e. The second kappa shape index (κ2) is 7.04. The monoisotopic (exact) mass is 320 g/mol. The van der Waals surface area contributed by atoms with Gasteiger partial charge in [0.05, 0.1) is 5.75 Å². The van der Waals surface area contributed by atoms with Crippen LogP contribution in [0.3, 0.4) is 0 Å². The summed E-state index contributed by atoms with van der Waals surface area (Å²) in [6, 6.07) is 11.7. The van der Waals surface area contributed by atoms with Crippen LogP contribution in [0.2, 0.25) is 0 Å². The minimum atomic E-state index is -3.31. The molecule has 0 aliphatic heterocycles. The van der Waals surface area contributed by atoms with Crippen molar-refractivity contribution in [3.05, 3.63) is 54.2 Å². The summed E-state index contributed by atoms with van der Waals surface area (Å²) in [6.07, 6.45) is 0.835. The molecule has 2 aromatic rings. The predicted molar refractivity (Wildman–Crippen MR) is 81.3 cm³/mol. The molecule has 0 unspecified atom stereocenters. The van der Waals surface area contributed by atoms with Crippen molar-refractivity contribution in [2.75, 3.05) is 5.75 Å². The molecule has 0 aliphatic carbocycles. The zero-order valence-electron chi connectivity index (χ0n) is 12.0. The van der Waals surface area contributed by atoms with Gasteiger partial charge in [0, 0.05) is 12.7 Å². The molecule has 2 rings (SSSR count). The largest absolute Gasteiger partial charge is 0.412 e. The van der Waals surface area contributed by atoms with Crippen LogP contribution in [0, 0.1) is 0 Å². The highest BCUT2D eigenvalue weighted by Crippen LogP contribution is 2.10. The maximum absolute atomic E-state index is 11.6. The molecule has 1 heterocycles. The molecule has 0 saturated carbocycles. The lowest BCUT2D eigenvalue weighted by Gasteiger charge is -2.07. The van der Waals surface area contributed by atoms with Crippen molar-refractivity contribution in [2.45, 2.75) is 18.5 Å². The number of hydrogen-bond donors (Lipinski definition) is 1. The Labute approximate surface area is 129 Å². The first-order valence-corrected chi connectivity index (χ1v) is 8.35. The van der Waals surface area contributed by atoms with Gasteiger partial charge < -0.3 is 10.1 Å². The zero-order valence-corrected chi connectivity index (χ0v) is 12.8. The summed E-state index contributed by atoms with van der Waals surface area (Å²) >= 11 is 0. The summed E-state index contributed by atoms with van der Waals surface area (Å²) in [5.41, 5.74) is 0.681. The first-order valence-electron chi connectivity index (χ1n) is 6.69. The van der Waals surface area contributed by atoms with E-state index in [9.17, 15) is 13.2 Å². The second-order valence-electron chi connectivity index (χ2n) is 4.46. The van der Waals surface area contributed by atoms with Crippen molar-refractivity contribution in [1.29, 1.82) is 0 Å². The van der Waals surface area contributed by atoms with Crippen LogP contribution in [0.25, 0.3) is 0 Å². The number of para-hydroxylation sites is 1. The molecule has 1 aromatic heterocycles. The van der Waals surface area contributed by atoms with E-state index < -0.39 is 15.9 Å². The van der Waals surface area contributed by atoms with Crippen molar-refractivity contribution in [1.82, 2.24) is 10.3 Å². The van der Waals surface area contributed by atoms with Crippen LogP contribution in [0.1, 0.15) is 12.5 Å². The highest BCUT2D eigenvalue weighted by Gasteiger charge is 2.12. The van der Waals surface area contributed by atoms with E-state index in [0.717, 1.165) is 0 Å². The van der Waals surface area contributed by atoms with Crippen LogP contribution in [0.15, 0.2) is 53.7 Å². The van der Waals surface area contributed by atoms with E-state index in [1.807, 2.05) is 6.07 Å². The van der Waals surface area contributed by atoms with Gasteiger partial charge in [0.1, 0.15) is 5.75 Å². The molecule has 22 heavy (non-hydrogen) atoms. The Morgan fingerprint density at radius 3 is 2.50 bits per heavy atom. The SMILES string of the molecule is CCS(=O)(=O)c1ccc(CNC(=O)Oc2ccccc2)cn1. The average molecular weight is 320 g/mol. The third-order valence-corrected chi connectivity index (χ3v) is 4.53. The van der Waals surface area contributed by atoms with Gasteiger partial charge in [-0.2, -0.15) is 0 Å². The number of carbonyl (C=O) groups excluding carboxylic acids is 1. The number of nitrogens with zero attached hydrogens (tertiary/aromatic N) is 1. The van der Waals surface area contributed by atoms with Crippen molar-refractivity contribution in [3.63, 3.8) is 0 Å². The van der Waals surface area contributed by atoms with Crippen molar-refractivity contribution in [3.8, 4) is 5.75 Å². The molecule has 1 aromatic carbocycles. The van der Waals surface area contributed by atoms with Crippen molar-refractivity contribution < 1.29 is 17.9 Å². The van der Waals surface area contributed by atoms with E-state index in [1.54, 1.807) is 37.3 Å². The van der Waals surface area contributed by atoms with E-state index in [4.69, 9.17) is 4.74 Å². The van der Waals surface area contributed by atoms with E-state index in [0.29, 0.717) is 11.3 Å². The molecule has 0 saturated heterocycles. The molecule has 6 nitrogen and oxygen atoms in total. The van der Waals surface area contributed by atoms with E-state index in [1.165, 1.54) is 12.3 Å². The highest BCUT2D eigenvalue weighted by molar-refractivity contribution is 7.91. The number of hydrogen-bond acceptors (Lipinski definition) is 5. The number of aromatic nitrogens is 1. The molecule has 1 N–H and O–H groups in total. The van der Waals surface area contributed by atoms with E-state index >= 15 is 0 Å². The lowest BCUT2D eigenvalue weighted by atomic mass is 10.3. The van der Waals surface area contributed by atoms with Crippen molar-refractivity contribution in [2.24, 2.45) is 0 Å². The Kier molecular flexibility index (Phi) is 5.11. The molecule has 0 spiro atoms. The van der Waals surface area contributed by atoms with Crippen LogP contribution in [-0.2, 0) is 16.4 Å². The molecule has 0 fully saturated rings. The lowest BCUT2D eigenvalue weighted by molar-refractivity contribution is 0.200. The van der Waals surface area contributed by atoms with Crippen molar-refractivity contribution >= 4 is 15.9 Å². The number of nitrogens with one attached hydrogen (secondary N) is 1. The third-order valence-electron chi connectivity index (χ3n) is 2.89. The Morgan fingerprint density at radius 1 is 1.18 bits per heavy atom. The Balaban J connectivity index is 1.91. The van der Waals surface area contributed by atoms with Gasteiger partial charge in [-0.15, -0.1) is 0 Å². The summed E-state index contributed by atoms with van der Waals surface area (Å²) in [5, 5.41) is 2.60. The standard InChI is InChI=1S/C15H16N2O4S/c1-2-22(19,20)14-9-8-12(10-16-14)11-17-15(18)21-13-6-4-3-5-7-13/h3-10H,2,11H2,1H3,(H,17,18). The quantitative estimate of drug-likeness (QED) is 0.912. The smallest absolute Gasteiger partial charge is 0.410 e. The number of sulfone groups is 1. The van der Waals surface area contributed by atoms with Crippen LogP contribution in [0.5, 0.6) is 5.75 Å². The van der Waals surface area contributed by atoms with Crippen LogP contribution in [-0.4, -0.2) is 25.2 Å². The fourth-order valence-electron chi connectivity index (χ4n) is 1.65.